The van der Waals surface area contributed by atoms with Gasteiger partial charge in [-0.15, -0.1) is 11.3 Å². The molecule has 2 heterocycles. The largest absolute Gasteiger partial charge is 0.369 e. The maximum absolute atomic E-state index is 10.8. The molecule has 1 unspecified atom stereocenters. The highest BCUT2D eigenvalue weighted by Gasteiger charge is 2.12. The first kappa shape index (κ1) is 14.2. The van der Waals surface area contributed by atoms with E-state index in [1.54, 1.807) is 17.5 Å². The van der Waals surface area contributed by atoms with E-state index in [2.05, 4.69) is 20.7 Å². The molecule has 0 radical (unpaired) electrons. The monoisotopic (exact) mass is 294 g/mol. The van der Waals surface area contributed by atoms with Gasteiger partial charge in [0.1, 0.15) is 11.6 Å². The Labute approximate surface area is 119 Å². The van der Waals surface area contributed by atoms with Gasteiger partial charge in [-0.3, -0.25) is 10.1 Å². The molecule has 9 heteroatoms. The lowest BCUT2D eigenvalue weighted by molar-refractivity contribution is -0.384. The minimum Gasteiger partial charge on any atom is -0.369 e. The van der Waals surface area contributed by atoms with Crippen molar-refractivity contribution in [1.82, 2.24) is 9.97 Å². The van der Waals surface area contributed by atoms with E-state index in [1.165, 1.54) is 12.1 Å². The SMILES string of the molecule is CC(CNc1cc([N+](=O)[O-])cc(NN)n1)c1nccs1. The molecule has 0 aliphatic heterocycles. The fraction of sp³-hybridized carbons (Fsp3) is 0.273. The van der Waals surface area contributed by atoms with Crippen LogP contribution < -0.4 is 16.6 Å². The number of hydrogen-bond acceptors (Lipinski definition) is 8. The summed E-state index contributed by atoms with van der Waals surface area (Å²) in [6, 6.07) is 2.64. The molecule has 0 saturated carbocycles. The zero-order valence-corrected chi connectivity index (χ0v) is 11.6. The number of nitro groups is 1. The third kappa shape index (κ3) is 3.39. The Balaban J connectivity index is 2.09. The van der Waals surface area contributed by atoms with Gasteiger partial charge in [0.25, 0.3) is 5.69 Å². The van der Waals surface area contributed by atoms with Crippen LogP contribution in [0.5, 0.6) is 0 Å². The molecule has 0 aliphatic carbocycles. The van der Waals surface area contributed by atoms with Gasteiger partial charge in [0.2, 0.25) is 0 Å². The summed E-state index contributed by atoms with van der Waals surface area (Å²) >= 11 is 1.57. The van der Waals surface area contributed by atoms with Crippen molar-refractivity contribution < 1.29 is 4.92 Å². The number of rotatable bonds is 6. The molecular formula is C11H14N6O2S. The highest BCUT2D eigenvalue weighted by Crippen LogP contribution is 2.22. The summed E-state index contributed by atoms with van der Waals surface area (Å²) in [4.78, 5) is 18.7. The Morgan fingerprint density at radius 1 is 1.50 bits per heavy atom. The van der Waals surface area contributed by atoms with Crippen molar-refractivity contribution in [3.8, 4) is 0 Å². The van der Waals surface area contributed by atoms with E-state index in [9.17, 15) is 10.1 Å². The molecule has 4 N–H and O–H groups in total. The maximum atomic E-state index is 10.8. The van der Waals surface area contributed by atoms with Gasteiger partial charge in [0.15, 0.2) is 0 Å². The summed E-state index contributed by atoms with van der Waals surface area (Å²) in [5, 5.41) is 16.8. The standard InChI is InChI=1S/C11H14N6O2S/c1-7(11-13-2-3-20-11)6-14-9-4-8(17(18)19)5-10(15-9)16-12/h2-5,7H,6,12H2,1H3,(H2,14,15,16). The first-order chi connectivity index (χ1) is 9.60. The highest BCUT2D eigenvalue weighted by atomic mass is 32.1. The summed E-state index contributed by atoms with van der Waals surface area (Å²) < 4.78 is 0. The lowest BCUT2D eigenvalue weighted by Crippen LogP contribution is -2.13. The molecule has 20 heavy (non-hydrogen) atoms. The molecule has 0 spiro atoms. The number of nitrogen functional groups attached to an aromatic ring is 1. The van der Waals surface area contributed by atoms with Crippen LogP contribution >= 0.6 is 11.3 Å². The molecule has 2 rings (SSSR count). The third-order valence-electron chi connectivity index (χ3n) is 2.63. The van der Waals surface area contributed by atoms with E-state index in [1.807, 2.05) is 12.3 Å². The second-order valence-electron chi connectivity index (χ2n) is 4.15. The van der Waals surface area contributed by atoms with E-state index in [0.29, 0.717) is 12.4 Å². The first-order valence-electron chi connectivity index (χ1n) is 5.86. The fourth-order valence-electron chi connectivity index (χ4n) is 1.61. The number of anilines is 2. The van der Waals surface area contributed by atoms with Gasteiger partial charge in [-0.25, -0.2) is 15.8 Å². The summed E-state index contributed by atoms with van der Waals surface area (Å²) in [6.45, 7) is 2.59. The van der Waals surface area contributed by atoms with Crippen LogP contribution in [0.15, 0.2) is 23.7 Å². The van der Waals surface area contributed by atoms with Crippen LogP contribution in [0, 0.1) is 10.1 Å². The van der Waals surface area contributed by atoms with E-state index in [4.69, 9.17) is 5.84 Å². The molecule has 0 saturated heterocycles. The lowest BCUT2D eigenvalue weighted by Gasteiger charge is -2.11. The zero-order valence-electron chi connectivity index (χ0n) is 10.7. The minimum absolute atomic E-state index is 0.0719. The Kier molecular flexibility index (Phi) is 4.43. The predicted molar refractivity (Wildman–Crippen MR) is 77.7 cm³/mol. The first-order valence-corrected chi connectivity index (χ1v) is 6.74. The van der Waals surface area contributed by atoms with E-state index in [0.717, 1.165) is 5.01 Å². The molecule has 106 valence electrons. The van der Waals surface area contributed by atoms with Gasteiger partial charge < -0.3 is 10.7 Å². The maximum Gasteiger partial charge on any atom is 0.276 e. The number of aromatic nitrogens is 2. The number of hydrazine groups is 1. The Hall–Kier alpha value is -2.26. The van der Waals surface area contributed by atoms with Crippen LogP contribution in [0.1, 0.15) is 17.8 Å². The van der Waals surface area contributed by atoms with E-state index >= 15 is 0 Å². The molecule has 8 nitrogen and oxygen atoms in total. The van der Waals surface area contributed by atoms with Gasteiger partial charge in [-0.2, -0.15) is 0 Å². The van der Waals surface area contributed by atoms with Crippen molar-refractivity contribution in [1.29, 1.82) is 0 Å². The topological polar surface area (TPSA) is 119 Å². The van der Waals surface area contributed by atoms with Crippen LogP contribution in [-0.4, -0.2) is 21.4 Å². The van der Waals surface area contributed by atoms with Crippen molar-refractivity contribution in [3.05, 3.63) is 38.8 Å². The normalized spacial score (nSPS) is 11.9. The summed E-state index contributed by atoms with van der Waals surface area (Å²) in [6.07, 6.45) is 1.75. The molecule has 1 atom stereocenters. The van der Waals surface area contributed by atoms with Crippen molar-refractivity contribution in [2.45, 2.75) is 12.8 Å². The minimum atomic E-state index is -0.488. The third-order valence-corrected chi connectivity index (χ3v) is 3.64. The number of thiazole rings is 1. The van der Waals surface area contributed by atoms with Crippen LogP contribution in [-0.2, 0) is 0 Å². The van der Waals surface area contributed by atoms with Crippen molar-refractivity contribution in [2.75, 3.05) is 17.3 Å². The van der Waals surface area contributed by atoms with Crippen LogP contribution in [0.3, 0.4) is 0 Å². The number of hydrogen-bond donors (Lipinski definition) is 3. The van der Waals surface area contributed by atoms with Crippen LogP contribution in [0.25, 0.3) is 0 Å². The van der Waals surface area contributed by atoms with E-state index < -0.39 is 4.92 Å². The van der Waals surface area contributed by atoms with Crippen molar-refractivity contribution >= 4 is 28.7 Å². The summed E-state index contributed by atoms with van der Waals surface area (Å²) in [5.41, 5.74) is 2.24. The smallest absolute Gasteiger partial charge is 0.276 e. The number of pyridine rings is 1. The predicted octanol–water partition coefficient (Wildman–Crippen LogP) is 1.95. The lowest BCUT2D eigenvalue weighted by atomic mass is 10.2. The summed E-state index contributed by atoms with van der Waals surface area (Å²) in [5.74, 6) is 6.07. The van der Waals surface area contributed by atoms with Gasteiger partial charge in [0, 0.05) is 24.0 Å². The van der Waals surface area contributed by atoms with E-state index in [-0.39, 0.29) is 17.4 Å². The van der Waals surface area contributed by atoms with Gasteiger partial charge in [0.05, 0.1) is 22.1 Å². The highest BCUT2D eigenvalue weighted by molar-refractivity contribution is 7.09. The number of nitrogens with one attached hydrogen (secondary N) is 2. The average Bonchev–Trinajstić information content (AvgIpc) is 2.98. The molecule has 0 bridgehead atoms. The molecule has 0 aromatic carbocycles. The second kappa shape index (κ2) is 6.26. The molecule has 0 fully saturated rings. The number of nitrogens with zero attached hydrogens (tertiary/aromatic N) is 3. The second-order valence-corrected chi connectivity index (χ2v) is 5.08. The Morgan fingerprint density at radius 2 is 2.25 bits per heavy atom. The number of nitrogens with two attached hydrogens (primary N) is 1. The fourth-order valence-corrected chi connectivity index (χ4v) is 2.31. The van der Waals surface area contributed by atoms with Crippen LogP contribution in [0.4, 0.5) is 17.3 Å². The Morgan fingerprint density at radius 3 is 2.85 bits per heavy atom. The molecule has 0 amide bonds. The quantitative estimate of drug-likeness (QED) is 0.423. The summed E-state index contributed by atoms with van der Waals surface area (Å²) in [7, 11) is 0. The molecule has 0 aliphatic rings. The average molecular weight is 294 g/mol. The molecule has 2 aromatic rings. The van der Waals surface area contributed by atoms with Crippen molar-refractivity contribution in [2.24, 2.45) is 5.84 Å². The van der Waals surface area contributed by atoms with Crippen LogP contribution in [0.2, 0.25) is 0 Å². The molecule has 2 aromatic heterocycles. The van der Waals surface area contributed by atoms with Gasteiger partial charge >= 0.3 is 0 Å². The molecular weight excluding hydrogens is 280 g/mol. The Bertz CT molecular complexity index is 589. The van der Waals surface area contributed by atoms with Crippen molar-refractivity contribution in [3.63, 3.8) is 0 Å². The van der Waals surface area contributed by atoms with Gasteiger partial charge in [-0.05, 0) is 0 Å². The zero-order chi connectivity index (χ0) is 14.5. The van der Waals surface area contributed by atoms with Gasteiger partial charge in [-0.1, -0.05) is 6.92 Å².